The van der Waals surface area contributed by atoms with Crippen LogP contribution >= 0.6 is 0 Å². The zero-order valence-electron chi connectivity index (χ0n) is 17.4. The third-order valence-electron chi connectivity index (χ3n) is 6.78. The molecule has 0 bridgehead atoms. The molecule has 3 aliphatic heterocycles. The zero-order chi connectivity index (χ0) is 20.4. The molecule has 0 saturated carbocycles. The van der Waals surface area contributed by atoms with Crippen molar-refractivity contribution >= 4 is 0 Å². The molecule has 1 aromatic heterocycles. The first kappa shape index (κ1) is 19.8. The maximum Gasteiger partial charge on any atom is 0.247 e. The second-order valence-corrected chi connectivity index (χ2v) is 8.75. The first-order chi connectivity index (χ1) is 14.7. The molecule has 0 unspecified atom stereocenters. The van der Waals surface area contributed by atoms with Crippen LogP contribution in [0.15, 0.2) is 41.3 Å². The van der Waals surface area contributed by atoms with Gasteiger partial charge in [0.15, 0.2) is 0 Å². The minimum atomic E-state index is -0.484. The molecular weight excluding hydrogens is 380 g/mol. The lowest BCUT2D eigenvalue weighted by atomic mass is 9.95. The molecule has 1 aromatic carbocycles. The summed E-state index contributed by atoms with van der Waals surface area (Å²) in [5, 5.41) is 0. The van der Waals surface area contributed by atoms with Crippen molar-refractivity contribution in [3.8, 4) is 16.9 Å². The number of nitrogens with zero attached hydrogens (tertiary/aromatic N) is 1. The maximum atomic E-state index is 11.3. The molecule has 0 amide bonds. The van der Waals surface area contributed by atoms with Crippen LogP contribution in [0.1, 0.15) is 37.7 Å². The largest absolute Gasteiger partial charge is 0.462 e. The van der Waals surface area contributed by atoms with Crippen molar-refractivity contribution < 1.29 is 14.2 Å². The smallest absolute Gasteiger partial charge is 0.247 e. The fourth-order valence-electron chi connectivity index (χ4n) is 4.76. The van der Waals surface area contributed by atoms with Gasteiger partial charge in [0.25, 0.3) is 0 Å². The number of fused-ring (bicyclic) bond motifs is 1. The van der Waals surface area contributed by atoms with Gasteiger partial charge in [-0.1, -0.05) is 6.07 Å². The molecule has 160 valence electrons. The van der Waals surface area contributed by atoms with Crippen LogP contribution in [0.3, 0.4) is 0 Å². The van der Waals surface area contributed by atoms with E-state index in [4.69, 9.17) is 14.2 Å². The summed E-state index contributed by atoms with van der Waals surface area (Å²) < 4.78 is 18.1. The molecule has 2 fully saturated rings. The third kappa shape index (κ3) is 4.31. The molecule has 4 heterocycles. The van der Waals surface area contributed by atoms with Gasteiger partial charge in [-0.25, -0.2) is 0 Å². The topological polar surface area (TPSA) is 63.8 Å². The lowest BCUT2D eigenvalue weighted by Crippen LogP contribution is -2.51. The SMILES string of the molecule is O=c1ccc(-c2ccc3c(c2)COC2(CCN(CCC4CCOCC4)CC2)O3)c[nH]1. The Labute approximate surface area is 177 Å². The maximum absolute atomic E-state index is 11.3. The minimum absolute atomic E-state index is 0.0931. The molecule has 0 aliphatic carbocycles. The fourth-order valence-corrected chi connectivity index (χ4v) is 4.76. The van der Waals surface area contributed by atoms with Gasteiger partial charge in [-0.05, 0) is 61.1 Å². The van der Waals surface area contributed by atoms with Crippen molar-refractivity contribution in [3.63, 3.8) is 0 Å². The first-order valence-corrected chi connectivity index (χ1v) is 11.1. The zero-order valence-corrected chi connectivity index (χ0v) is 17.4. The van der Waals surface area contributed by atoms with E-state index in [9.17, 15) is 4.79 Å². The molecule has 1 N–H and O–H groups in total. The Hall–Kier alpha value is -2.15. The molecule has 0 atom stereocenters. The molecule has 0 radical (unpaired) electrons. The number of ether oxygens (including phenoxy) is 3. The molecule has 30 heavy (non-hydrogen) atoms. The Balaban J connectivity index is 1.18. The number of likely N-dealkylation sites (tertiary alicyclic amines) is 1. The van der Waals surface area contributed by atoms with Crippen LogP contribution in [0.2, 0.25) is 0 Å². The Morgan fingerprint density at radius 1 is 1.07 bits per heavy atom. The Morgan fingerprint density at radius 2 is 1.87 bits per heavy atom. The summed E-state index contributed by atoms with van der Waals surface area (Å²) >= 11 is 0. The van der Waals surface area contributed by atoms with Crippen LogP contribution in [0.5, 0.6) is 5.75 Å². The van der Waals surface area contributed by atoms with Crippen molar-refractivity contribution in [1.82, 2.24) is 9.88 Å². The van der Waals surface area contributed by atoms with Crippen LogP contribution < -0.4 is 10.3 Å². The molecule has 1 spiro atoms. The van der Waals surface area contributed by atoms with Gasteiger partial charge in [0.05, 0.1) is 6.61 Å². The van der Waals surface area contributed by atoms with Crippen LogP contribution in [0.4, 0.5) is 0 Å². The Morgan fingerprint density at radius 3 is 2.63 bits per heavy atom. The van der Waals surface area contributed by atoms with Crippen molar-refractivity contribution in [2.75, 3.05) is 32.8 Å². The van der Waals surface area contributed by atoms with E-state index in [1.54, 1.807) is 12.3 Å². The van der Waals surface area contributed by atoms with Gasteiger partial charge in [0.2, 0.25) is 11.3 Å². The number of hydrogen-bond acceptors (Lipinski definition) is 5. The number of piperidine rings is 1. The lowest BCUT2D eigenvalue weighted by molar-refractivity contribution is -0.228. The summed E-state index contributed by atoms with van der Waals surface area (Å²) in [6.07, 6.45) is 7.24. The van der Waals surface area contributed by atoms with Crippen LogP contribution in [0, 0.1) is 5.92 Å². The summed E-state index contributed by atoms with van der Waals surface area (Å²) in [4.78, 5) is 16.6. The van der Waals surface area contributed by atoms with Crippen molar-refractivity contribution in [2.45, 2.75) is 44.5 Å². The number of H-pyrrole nitrogens is 1. The van der Waals surface area contributed by atoms with Crippen molar-refractivity contribution in [2.24, 2.45) is 5.92 Å². The molecule has 2 saturated heterocycles. The van der Waals surface area contributed by atoms with E-state index in [0.717, 1.165) is 67.5 Å². The number of hydrogen-bond donors (Lipinski definition) is 1. The van der Waals surface area contributed by atoms with Gasteiger partial charge < -0.3 is 24.1 Å². The molecule has 6 nitrogen and oxygen atoms in total. The molecule has 5 rings (SSSR count). The van der Waals surface area contributed by atoms with Gasteiger partial charge in [-0.3, -0.25) is 4.79 Å². The number of pyridine rings is 1. The van der Waals surface area contributed by atoms with E-state index in [2.05, 4.69) is 22.0 Å². The average molecular weight is 411 g/mol. The number of nitrogens with one attached hydrogen (secondary N) is 1. The molecule has 3 aliphatic rings. The van der Waals surface area contributed by atoms with Gasteiger partial charge in [0.1, 0.15) is 5.75 Å². The summed E-state index contributed by atoms with van der Waals surface area (Å²) in [7, 11) is 0. The van der Waals surface area contributed by atoms with E-state index >= 15 is 0 Å². The standard InChI is InChI=1S/C24H30N2O4/c27-23-4-2-20(16-25-23)19-1-3-22-21(15-19)17-29-24(30-22)8-11-26(12-9-24)10-5-18-6-13-28-14-7-18/h1-4,15-16,18H,5-14,17H2,(H,25,27). The number of benzene rings is 1. The number of rotatable bonds is 4. The Kier molecular flexibility index (Phi) is 5.63. The fraction of sp³-hybridized carbons (Fsp3) is 0.542. The van der Waals surface area contributed by atoms with E-state index in [-0.39, 0.29) is 5.56 Å². The average Bonchev–Trinajstić information content (AvgIpc) is 2.80. The molecular formula is C24H30N2O4. The molecule has 2 aromatic rings. The van der Waals surface area contributed by atoms with Crippen LogP contribution in [0.25, 0.3) is 11.1 Å². The first-order valence-electron chi connectivity index (χ1n) is 11.1. The van der Waals surface area contributed by atoms with Gasteiger partial charge in [-0.2, -0.15) is 0 Å². The molecule has 6 heteroatoms. The van der Waals surface area contributed by atoms with E-state index in [0.29, 0.717) is 6.61 Å². The number of aromatic amines is 1. The van der Waals surface area contributed by atoms with Crippen LogP contribution in [-0.2, 0) is 16.1 Å². The second-order valence-electron chi connectivity index (χ2n) is 8.75. The van der Waals surface area contributed by atoms with E-state index in [1.807, 2.05) is 12.1 Å². The highest BCUT2D eigenvalue weighted by Gasteiger charge is 2.40. The summed E-state index contributed by atoms with van der Waals surface area (Å²) in [6, 6.07) is 9.57. The van der Waals surface area contributed by atoms with Gasteiger partial charge in [0, 0.05) is 57.0 Å². The summed E-state index contributed by atoms with van der Waals surface area (Å²) in [5.41, 5.74) is 3.00. The van der Waals surface area contributed by atoms with E-state index < -0.39 is 5.79 Å². The summed E-state index contributed by atoms with van der Waals surface area (Å²) in [6.45, 7) is 5.63. The summed E-state index contributed by atoms with van der Waals surface area (Å²) in [5.74, 6) is 1.26. The normalized spacial score (nSPS) is 21.9. The van der Waals surface area contributed by atoms with E-state index in [1.165, 1.54) is 25.8 Å². The predicted octanol–water partition coefficient (Wildman–Crippen LogP) is 3.56. The Bertz CT molecular complexity index is 907. The highest BCUT2D eigenvalue weighted by atomic mass is 16.7. The van der Waals surface area contributed by atoms with Crippen LogP contribution in [-0.4, -0.2) is 48.5 Å². The quantitative estimate of drug-likeness (QED) is 0.835. The van der Waals surface area contributed by atoms with Crippen molar-refractivity contribution in [3.05, 3.63) is 52.4 Å². The van der Waals surface area contributed by atoms with Gasteiger partial charge >= 0.3 is 0 Å². The second kappa shape index (κ2) is 8.53. The lowest BCUT2D eigenvalue weighted by Gasteiger charge is -2.44. The highest BCUT2D eigenvalue weighted by molar-refractivity contribution is 5.64. The van der Waals surface area contributed by atoms with Gasteiger partial charge in [-0.15, -0.1) is 0 Å². The monoisotopic (exact) mass is 410 g/mol. The van der Waals surface area contributed by atoms with Crippen molar-refractivity contribution in [1.29, 1.82) is 0 Å². The third-order valence-corrected chi connectivity index (χ3v) is 6.78. The highest BCUT2D eigenvalue weighted by Crippen LogP contribution is 2.39. The predicted molar refractivity (Wildman–Crippen MR) is 114 cm³/mol. The minimum Gasteiger partial charge on any atom is -0.462 e. The number of aromatic nitrogens is 1.